The summed E-state index contributed by atoms with van der Waals surface area (Å²) in [5.41, 5.74) is 2.29. The summed E-state index contributed by atoms with van der Waals surface area (Å²) >= 11 is 0. The van der Waals surface area contributed by atoms with E-state index in [-0.39, 0.29) is 0 Å². The maximum absolute atomic E-state index is 11.8. The Bertz CT molecular complexity index is 528. The molecule has 2 unspecified atom stereocenters. The average molecular weight is 287 g/mol. The minimum atomic E-state index is -0.633. The van der Waals surface area contributed by atoms with Crippen LogP contribution in [0.2, 0.25) is 0 Å². The number of fused-ring (bicyclic) bond motifs is 1. The first kappa shape index (κ1) is 14.6. The summed E-state index contributed by atoms with van der Waals surface area (Å²) in [5, 5.41) is 9.72. The van der Waals surface area contributed by atoms with Gasteiger partial charge in [-0.1, -0.05) is 31.2 Å². The smallest absolute Gasteiger partial charge is 0.324 e. The Morgan fingerprint density at radius 1 is 1.38 bits per heavy atom. The van der Waals surface area contributed by atoms with E-state index in [1.165, 1.54) is 30.4 Å². The molecule has 1 fully saturated rings. The number of aryl methyl sites for hydroxylation is 1. The van der Waals surface area contributed by atoms with Crippen molar-refractivity contribution in [3.63, 3.8) is 0 Å². The molecule has 0 saturated carbocycles. The molecule has 21 heavy (non-hydrogen) atoms. The van der Waals surface area contributed by atoms with Gasteiger partial charge in [-0.25, -0.2) is 0 Å². The van der Waals surface area contributed by atoms with Gasteiger partial charge in [0.15, 0.2) is 0 Å². The molecule has 0 radical (unpaired) electrons. The highest BCUT2D eigenvalue weighted by Gasteiger charge is 2.46. The van der Waals surface area contributed by atoms with Crippen molar-refractivity contribution in [2.45, 2.75) is 56.9 Å². The monoisotopic (exact) mass is 287 g/mol. The van der Waals surface area contributed by atoms with Crippen LogP contribution in [0.3, 0.4) is 0 Å². The molecule has 1 heterocycles. The number of benzene rings is 1. The molecule has 0 spiro atoms. The van der Waals surface area contributed by atoms with Gasteiger partial charge >= 0.3 is 5.97 Å². The second-order valence-corrected chi connectivity index (χ2v) is 6.53. The summed E-state index contributed by atoms with van der Waals surface area (Å²) in [5.74, 6) is -0.134. The Morgan fingerprint density at radius 2 is 2.19 bits per heavy atom. The lowest BCUT2D eigenvalue weighted by Gasteiger charge is -2.37. The fourth-order valence-corrected chi connectivity index (χ4v) is 4.30. The van der Waals surface area contributed by atoms with Crippen LogP contribution in [0.4, 0.5) is 0 Å². The summed E-state index contributed by atoms with van der Waals surface area (Å²) in [6, 6.07) is 8.70. The van der Waals surface area contributed by atoms with Gasteiger partial charge in [0.25, 0.3) is 0 Å². The SMILES string of the molecule is CCC1(C(=O)O)CCCN1CC1CCCc2ccccc21. The molecular formula is C18H25NO2. The van der Waals surface area contributed by atoms with Crippen molar-refractivity contribution in [2.75, 3.05) is 13.1 Å². The van der Waals surface area contributed by atoms with Crippen LogP contribution < -0.4 is 0 Å². The molecule has 1 N–H and O–H groups in total. The number of carbonyl (C=O) groups is 1. The molecule has 3 nitrogen and oxygen atoms in total. The Labute approximate surface area is 127 Å². The van der Waals surface area contributed by atoms with Crippen molar-refractivity contribution in [3.05, 3.63) is 35.4 Å². The summed E-state index contributed by atoms with van der Waals surface area (Å²) in [6.45, 7) is 3.84. The molecule has 1 aromatic carbocycles. The number of rotatable bonds is 4. The van der Waals surface area contributed by atoms with Gasteiger partial charge in [0.05, 0.1) is 0 Å². The highest BCUT2D eigenvalue weighted by Crippen LogP contribution is 2.38. The lowest BCUT2D eigenvalue weighted by molar-refractivity contribution is -0.150. The second-order valence-electron chi connectivity index (χ2n) is 6.53. The van der Waals surface area contributed by atoms with Gasteiger partial charge in [0, 0.05) is 6.54 Å². The summed E-state index contributed by atoms with van der Waals surface area (Å²) in [6.07, 6.45) is 6.09. The van der Waals surface area contributed by atoms with E-state index >= 15 is 0 Å². The largest absolute Gasteiger partial charge is 0.480 e. The number of hydrogen-bond acceptors (Lipinski definition) is 2. The predicted octanol–water partition coefficient (Wildman–Crippen LogP) is 3.44. The molecule has 0 amide bonds. The van der Waals surface area contributed by atoms with Crippen molar-refractivity contribution in [2.24, 2.45) is 0 Å². The molecular weight excluding hydrogens is 262 g/mol. The van der Waals surface area contributed by atoms with Crippen molar-refractivity contribution < 1.29 is 9.90 Å². The van der Waals surface area contributed by atoms with Gasteiger partial charge in [0.2, 0.25) is 0 Å². The van der Waals surface area contributed by atoms with E-state index in [1.54, 1.807) is 0 Å². The first-order chi connectivity index (χ1) is 10.2. The Kier molecular flexibility index (Phi) is 4.03. The van der Waals surface area contributed by atoms with Crippen LogP contribution in [-0.4, -0.2) is 34.6 Å². The van der Waals surface area contributed by atoms with Crippen LogP contribution in [0.1, 0.15) is 56.1 Å². The van der Waals surface area contributed by atoms with Gasteiger partial charge in [-0.2, -0.15) is 0 Å². The van der Waals surface area contributed by atoms with Gasteiger partial charge in [-0.3, -0.25) is 9.69 Å². The second kappa shape index (κ2) is 5.80. The van der Waals surface area contributed by atoms with E-state index in [1.807, 2.05) is 6.92 Å². The Balaban J connectivity index is 1.82. The highest BCUT2D eigenvalue weighted by molar-refractivity contribution is 5.79. The number of nitrogens with zero attached hydrogens (tertiary/aromatic N) is 1. The van der Waals surface area contributed by atoms with E-state index in [9.17, 15) is 9.90 Å². The van der Waals surface area contributed by atoms with Crippen LogP contribution in [0.15, 0.2) is 24.3 Å². The lowest BCUT2D eigenvalue weighted by atomic mass is 9.81. The lowest BCUT2D eigenvalue weighted by Crippen LogP contribution is -2.51. The van der Waals surface area contributed by atoms with Gasteiger partial charge in [0.1, 0.15) is 5.54 Å². The third-order valence-corrected chi connectivity index (χ3v) is 5.54. The minimum absolute atomic E-state index is 0.498. The number of carboxylic acid groups (broad SMARTS) is 1. The molecule has 0 aromatic heterocycles. The topological polar surface area (TPSA) is 40.5 Å². The number of aliphatic carboxylic acids is 1. The van der Waals surface area contributed by atoms with Crippen LogP contribution in [0, 0.1) is 0 Å². The summed E-state index contributed by atoms with van der Waals surface area (Å²) in [7, 11) is 0. The molecule has 1 aliphatic carbocycles. The highest BCUT2D eigenvalue weighted by atomic mass is 16.4. The fourth-order valence-electron chi connectivity index (χ4n) is 4.30. The fraction of sp³-hybridized carbons (Fsp3) is 0.611. The Morgan fingerprint density at radius 3 is 2.95 bits per heavy atom. The number of carboxylic acids is 1. The van der Waals surface area contributed by atoms with E-state index < -0.39 is 11.5 Å². The predicted molar refractivity (Wildman–Crippen MR) is 83.6 cm³/mol. The first-order valence-electron chi connectivity index (χ1n) is 8.23. The molecule has 2 aliphatic rings. The molecule has 2 atom stereocenters. The van der Waals surface area contributed by atoms with Crippen LogP contribution in [-0.2, 0) is 11.2 Å². The zero-order valence-corrected chi connectivity index (χ0v) is 12.8. The number of likely N-dealkylation sites (tertiary alicyclic amines) is 1. The van der Waals surface area contributed by atoms with Crippen molar-refractivity contribution >= 4 is 5.97 Å². The standard InChI is InChI=1S/C18H25NO2/c1-2-18(17(20)21)11-6-12-19(18)13-15-9-5-8-14-7-3-4-10-16(14)15/h3-4,7,10,15H,2,5-6,8-9,11-13H2,1H3,(H,20,21). The van der Waals surface area contributed by atoms with Crippen LogP contribution in [0.25, 0.3) is 0 Å². The maximum Gasteiger partial charge on any atom is 0.324 e. The van der Waals surface area contributed by atoms with E-state index in [2.05, 4.69) is 29.2 Å². The zero-order chi connectivity index (χ0) is 14.9. The van der Waals surface area contributed by atoms with Gasteiger partial charge in [-0.15, -0.1) is 0 Å². The van der Waals surface area contributed by atoms with Crippen molar-refractivity contribution in [3.8, 4) is 0 Å². The molecule has 1 aliphatic heterocycles. The summed E-state index contributed by atoms with van der Waals surface area (Å²) in [4.78, 5) is 14.1. The molecule has 3 rings (SSSR count). The minimum Gasteiger partial charge on any atom is -0.480 e. The van der Waals surface area contributed by atoms with Crippen molar-refractivity contribution in [1.29, 1.82) is 0 Å². The number of hydrogen-bond donors (Lipinski definition) is 1. The zero-order valence-electron chi connectivity index (χ0n) is 12.8. The molecule has 114 valence electrons. The average Bonchev–Trinajstić information content (AvgIpc) is 2.92. The van der Waals surface area contributed by atoms with E-state index in [4.69, 9.17) is 0 Å². The van der Waals surface area contributed by atoms with Gasteiger partial charge < -0.3 is 5.11 Å². The van der Waals surface area contributed by atoms with Crippen LogP contribution >= 0.6 is 0 Å². The summed E-state index contributed by atoms with van der Waals surface area (Å²) < 4.78 is 0. The third-order valence-electron chi connectivity index (χ3n) is 5.54. The molecule has 0 bridgehead atoms. The van der Waals surface area contributed by atoms with Crippen LogP contribution in [0.5, 0.6) is 0 Å². The molecule has 1 saturated heterocycles. The normalized spacial score (nSPS) is 29.3. The Hall–Kier alpha value is -1.35. The first-order valence-corrected chi connectivity index (χ1v) is 8.23. The quantitative estimate of drug-likeness (QED) is 0.922. The molecule has 3 heteroatoms. The molecule has 1 aromatic rings. The van der Waals surface area contributed by atoms with Crippen molar-refractivity contribution in [1.82, 2.24) is 4.90 Å². The van der Waals surface area contributed by atoms with E-state index in [0.717, 1.165) is 25.9 Å². The van der Waals surface area contributed by atoms with E-state index in [0.29, 0.717) is 12.3 Å². The maximum atomic E-state index is 11.8. The van der Waals surface area contributed by atoms with Gasteiger partial charge in [-0.05, 0) is 62.1 Å². The third kappa shape index (κ3) is 2.48.